The molecule has 3 nitrogen and oxygen atoms in total. The Morgan fingerprint density at radius 3 is 2.50 bits per heavy atom. The highest BCUT2D eigenvalue weighted by Crippen LogP contribution is 2.00. The van der Waals surface area contributed by atoms with Crippen molar-refractivity contribution in [2.24, 2.45) is 0 Å². The number of rotatable bonds is 3. The van der Waals surface area contributed by atoms with Gasteiger partial charge in [0.05, 0.1) is 0 Å². The molecule has 0 aliphatic heterocycles. The van der Waals surface area contributed by atoms with Gasteiger partial charge in [0.15, 0.2) is 0 Å². The Balaban J connectivity index is 3.87. The molecular weight excluding hydrogens is 130 g/mol. The largest absolute Gasteiger partial charge is 0.360 e. The van der Waals surface area contributed by atoms with Gasteiger partial charge in [0.2, 0.25) is 5.91 Å². The maximum absolute atomic E-state index is 10.7. The molecule has 0 aromatic rings. The second-order valence-electron chi connectivity index (χ2n) is 2.41. The lowest BCUT2D eigenvalue weighted by atomic mass is 10.3. The zero-order valence-electron chi connectivity index (χ0n) is 6.60. The van der Waals surface area contributed by atoms with Crippen molar-refractivity contribution in [2.45, 2.75) is 19.6 Å². The third-order valence-corrected chi connectivity index (χ3v) is 1.12. The maximum atomic E-state index is 10.7. The van der Waals surface area contributed by atoms with Crippen molar-refractivity contribution in [3.8, 4) is 0 Å². The van der Waals surface area contributed by atoms with Crippen LogP contribution in [0.2, 0.25) is 0 Å². The predicted molar refractivity (Wildman–Crippen MR) is 39.4 cm³/mol. The van der Waals surface area contributed by atoms with Gasteiger partial charge in [-0.2, -0.15) is 0 Å². The van der Waals surface area contributed by atoms with Crippen LogP contribution in [0.15, 0.2) is 12.7 Å². The van der Waals surface area contributed by atoms with Crippen LogP contribution in [0.5, 0.6) is 0 Å². The van der Waals surface area contributed by atoms with Crippen LogP contribution in [0.25, 0.3) is 0 Å². The van der Waals surface area contributed by atoms with E-state index in [0.29, 0.717) is 0 Å². The van der Waals surface area contributed by atoms with Crippen LogP contribution in [0, 0.1) is 0 Å². The van der Waals surface area contributed by atoms with E-state index in [2.05, 4.69) is 11.9 Å². The number of methoxy groups -OCH3 is 1. The van der Waals surface area contributed by atoms with E-state index in [9.17, 15) is 4.79 Å². The first kappa shape index (κ1) is 9.17. The number of amides is 1. The third kappa shape index (κ3) is 3.25. The molecule has 0 atom stereocenters. The van der Waals surface area contributed by atoms with Crippen molar-refractivity contribution in [1.29, 1.82) is 0 Å². The van der Waals surface area contributed by atoms with Crippen molar-refractivity contribution in [3.63, 3.8) is 0 Å². The number of carbonyl (C=O) groups excluding carboxylic acids is 1. The standard InChI is InChI=1S/C7H13NO2/c1-5-6(9)8-7(2,3)10-4/h5H,1H2,2-4H3,(H,8,9). The highest BCUT2D eigenvalue weighted by molar-refractivity contribution is 5.87. The summed E-state index contributed by atoms with van der Waals surface area (Å²) in [5.74, 6) is -0.230. The first-order chi connectivity index (χ1) is 4.52. The van der Waals surface area contributed by atoms with E-state index >= 15 is 0 Å². The Hall–Kier alpha value is -0.830. The molecule has 0 heterocycles. The Morgan fingerprint density at radius 1 is 1.70 bits per heavy atom. The van der Waals surface area contributed by atoms with Gasteiger partial charge in [-0.25, -0.2) is 0 Å². The van der Waals surface area contributed by atoms with E-state index < -0.39 is 5.72 Å². The van der Waals surface area contributed by atoms with Crippen molar-refractivity contribution in [2.75, 3.05) is 7.11 Å². The van der Waals surface area contributed by atoms with Crippen LogP contribution in [0.4, 0.5) is 0 Å². The Kier molecular flexibility index (Phi) is 3.09. The molecule has 0 spiro atoms. The Bertz CT molecular complexity index is 141. The minimum absolute atomic E-state index is 0.230. The van der Waals surface area contributed by atoms with Crippen LogP contribution in [0.3, 0.4) is 0 Å². The van der Waals surface area contributed by atoms with Crippen LogP contribution < -0.4 is 5.32 Å². The second-order valence-corrected chi connectivity index (χ2v) is 2.41. The molecule has 0 fully saturated rings. The number of carbonyl (C=O) groups is 1. The SMILES string of the molecule is C=CC(=O)NC(C)(C)OC. The monoisotopic (exact) mass is 143 g/mol. The fourth-order valence-corrected chi connectivity index (χ4v) is 0.399. The molecule has 1 N–H and O–H groups in total. The van der Waals surface area contributed by atoms with E-state index in [1.165, 1.54) is 13.2 Å². The first-order valence-corrected chi connectivity index (χ1v) is 3.01. The van der Waals surface area contributed by atoms with Gasteiger partial charge in [-0.3, -0.25) is 4.79 Å². The minimum Gasteiger partial charge on any atom is -0.360 e. The summed E-state index contributed by atoms with van der Waals surface area (Å²) < 4.78 is 4.93. The number of nitrogens with one attached hydrogen (secondary N) is 1. The average Bonchev–Trinajstić information content (AvgIpc) is 1.87. The smallest absolute Gasteiger partial charge is 0.245 e. The number of hydrogen-bond donors (Lipinski definition) is 1. The molecule has 0 bridgehead atoms. The van der Waals surface area contributed by atoms with E-state index in [-0.39, 0.29) is 5.91 Å². The molecule has 0 aromatic carbocycles. The lowest BCUT2D eigenvalue weighted by Crippen LogP contribution is -2.43. The second kappa shape index (κ2) is 3.37. The van der Waals surface area contributed by atoms with Crippen LogP contribution in [0.1, 0.15) is 13.8 Å². The lowest BCUT2D eigenvalue weighted by molar-refractivity contribution is -0.124. The van der Waals surface area contributed by atoms with Gasteiger partial charge in [0.1, 0.15) is 5.72 Å². The normalized spacial score (nSPS) is 10.7. The molecule has 3 heteroatoms. The fourth-order valence-electron chi connectivity index (χ4n) is 0.399. The molecule has 0 saturated carbocycles. The van der Waals surface area contributed by atoms with E-state index in [4.69, 9.17) is 4.74 Å². The summed E-state index contributed by atoms with van der Waals surface area (Å²) in [5.41, 5.74) is -0.606. The number of hydrogen-bond acceptors (Lipinski definition) is 2. The predicted octanol–water partition coefficient (Wildman–Crippen LogP) is 0.671. The molecule has 0 aliphatic carbocycles. The molecule has 0 unspecified atom stereocenters. The van der Waals surface area contributed by atoms with Gasteiger partial charge in [-0.05, 0) is 19.9 Å². The summed E-state index contributed by atoms with van der Waals surface area (Å²) >= 11 is 0. The zero-order valence-corrected chi connectivity index (χ0v) is 6.60. The molecular formula is C7H13NO2. The fraction of sp³-hybridized carbons (Fsp3) is 0.571. The lowest BCUT2D eigenvalue weighted by Gasteiger charge is -2.23. The van der Waals surface area contributed by atoms with E-state index in [1.807, 2.05) is 0 Å². The van der Waals surface area contributed by atoms with Gasteiger partial charge in [-0.15, -0.1) is 0 Å². The Morgan fingerprint density at radius 2 is 2.20 bits per heavy atom. The third-order valence-electron chi connectivity index (χ3n) is 1.12. The average molecular weight is 143 g/mol. The Labute approximate surface area is 61.1 Å². The highest BCUT2D eigenvalue weighted by atomic mass is 16.5. The minimum atomic E-state index is -0.606. The first-order valence-electron chi connectivity index (χ1n) is 3.01. The van der Waals surface area contributed by atoms with Crippen molar-refractivity contribution < 1.29 is 9.53 Å². The quantitative estimate of drug-likeness (QED) is 0.466. The summed E-state index contributed by atoms with van der Waals surface area (Å²) in [4.78, 5) is 10.7. The van der Waals surface area contributed by atoms with Crippen LogP contribution >= 0.6 is 0 Å². The van der Waals surface area contributed by atoms with Gasteiger partial charge < -0.3 is 10.1 Å². The van der Waals surface area contributed by atoms with E-state index in [0.717, 1.165) is 0 Å². The summed E-state index contributed by atoms with van der Waals surface area (Å²) in [6.45, 7) is 6.83. The summed E-state index contributed by atoms with van der Waals surface area (Å²) in [7, 11) is 1.53. The molecule has 58 valence electrons. The molecule has 0 rings (SSSR count). The zero-order chi connectivity index (χ0) is 8.20. The molecule has 0 aromatic heterocycles. The van der Waals surface area contributed by atoms with Crippen molar-refractivity contribution in [3.05, 3.63) is 12.7 Å². The number of ether oxygens (including phenoxy) is 1. The van der Waals surface area contributed by atoms with Gasteiger partial charge in [-0.1, -0.05) is 6.58 Å². The van der Waals surface area contributed by atoms with Crippen LogP contribution in [-0.4, -0.2) is 18.7 Å². The summed E-state index contributed by atoms with van der Waals surface area (Å²) in [6, 6.07) is 0. The molecule has 0 saturated heterocycles. The van der Waals surface area contributed by atoms with Crippen molar-refractivity contribution in [1.82, 2.24) is 5.32 Å². The summed E-state index contributed by atoms with van der Waals surface area (Å²) in [5, 5.41) is 2.58. The topological polar surface area (TPSA) is 38.3 Å². The summed E-state index contributed by atoms with van der Waals surface area (Å²) in [6.07, 6.45) is 1.21. The molecule has 0 radical (unpaired) electrons. The highest BCUT2D eigenvalue weighted by Gasteiger charge is 2.16. The molecule has 10 heavy (non-hydrogen) atoms. The van der Waals surface area contributed by atoms with Crippen LogP contribution in [-0.2, 0) is 9.53 Å². The van der Waals surface area contributed by atoms with Crippen molar-refractivity contribution >= 4 is 5.91 Å². The molecule has 0 aliphatic rings. The molecule has 1 amide bonds. The van der Waals surface area contributed by atoms with Gasteiger partial charge >= 0.3 is 0 Å². The van der Waals surface area contributed by atoms with E-state index in [1.54, 1.807) is 13.8 Å². The van der Waals surface area contributed by atoms with Gasteiger partial charge in [0, 0.05) is 7.11 Å². The van der Waals surface area contributed by atoms with Gasteiger partial charge in [0.25, 0.3) is 0 Å². The maximum Gasteiger partial charge on any atom is 0.245 e.